The number of carbonyl (C=O) groups excluding carboxylic acids is 1. The van der Waals surface area contributed by atoms with E-state index in [2.05, 4.69) is 20.2 Å². The Morgan fingerprint density at radius 3 is 2.74 bits per heavy atom. The summed E-state index contributed by atoms with van der Waals surface area (Å²) in [5.74, 6) is 1.04. The van der Waals surface area contributed by atoms with Crippen LogP contribution in [-0.4, -0.2) is 84.2 Å². The van der Waals surface area contributed by atoms with E-state index < -0.39 is 17.3 Å². The van der Waals surface area contributed by atoms with Crippen LogP contribution in [0.2, 0.25) is 0 Å². The zero-order valence-electron chi connectivity index (χ0n) is 25.4. The topological polar surface area (TPSA) is 115 Å². The van der Waals surface area contributed by atoms with Crippen LogP contribution in [0.5, 0.6) is 5.75 Å². The second-order valence-electron chi connectivity index (χ2n) is 11.1. The molecule has 5 rings (SSSR count). The van der Waals surface area contributed by atoms with Gasteiger partial charge in [-0.15, -0.1) is 0 Å². The zero-order chi connectivity index (χ0) is 32.8. The normalized spacial score (nSPS) is 16.9. The number of rotatable bonds is 10. The molecule has 2 aliphatic heterocycles. The number of fused-ring (bicyclic) bond motifs is 3. The van der Waals surface area contributed by atoms with E-state index in [0.717, 1.165) is 17.8 Å². The summed E-state index contributed by atoms with van der Waals surface area (Å²) in [4.78, 5) is 37.0. The van der Waals surface area contributed by atoms with Gasteiger partial charge < -0.3 is 29.3 Å². The highest BCUT2D eigenvalue weighted by Gasteiger charge is 2.36. The Hall–Kier alpha value is -4.68. The van der Waals surface area contributed by atoms with Gasteiger partial charge in [0.15, 0.2) is 0 Å². The van der Waals surface area contributed by atoms with E-state index in [1.165, 1.54) is 10.9 Å². The lowest BCUT2D eigenvalue weighted by molar-refractivity contribution is -0.138. The third-order valence-corrected chi connectivity index (χ3v) is 7.80. The van der Waals surface area contributed by atoms with Gasteiger partial charge in [-0.05, 0) is 30.7 Å². The third-order valence-electron chi connectivity index (χ3n) is 7.80. The first-order valence-electron chi connectivity index (χ1n) is 14.7. The number of aromatic nitrogens is 3. The standard InChI is InChI=1S/C31H34F3N7O5/c1-20(38-26-14-37-41(30(43)28(26)35-2)15-21-4-6-25(44-3)7-5-21)17-45-11-8-27(42)39-9-10-40-24(16-39)19-46-18-22-12-23(31(32,33)34)13-36-29(22)40/h4-7,12-14,20,24,38H,8-11,15-19H2,1,3H3/t20-,24+/m0/s1. The van der Waals surface area contributed by atoms with Crippen molar-refractivity contribution < 1.29 is 32.2 Å². The highest BCUT2D eigenvalue weighted by atomic mass is 19.4. The predicted octanol–water partition coefficient (Wildman–Crippen LogP) is 3.72. The number of alkyl halides is 3. The van der Waals surface area contributed by atoms with E-state index >= 15 is 0 Å². The molecule has 2 aliphatic rings. The minimum Gasteiger partial charge on any atom is -0.497 e. The molecule has 4 heterocycles. The van der Waals surface area contributed by atoms with Crippen LogP contribution in [0.15, 0.2) is 47.5 Å². The molecular formula is C31H34F3N7O5. The first-order chi connectivity index (χ1) is 22.1. The van der Waals surface area contributed by atoms with Crippen LogP contribution in [0.1, 0.15) is 30.0 Å². The molecule has 0 aliphatic carbocycles. The average Bonchev–Trinajstić information content (AvgIpc) is 3.23. The van der Waals surface area contributed by atoms with Gasteiger partial charge in [-0.1, -0.05) is 12.1 Å². The quantitative estimate of drug-likeness (QED) is 0.261. The number of ether oxygens (including phenoxy) is 3. The molecular weight excluding hydrogens is 607 g/mol. The maximum Gasteiger partial charge on any atom is 0.417 e. The summed E-state index contributed by atoms with van der Waals surface area (Å²) in [5.41, 5.74) is 0.0977. The maximum absolute atomic E-state index is 13.2. The van der Waals surface area contributed by atoms with Crippen LogP contribution >= 0.6 is 0 Å². The van der Waals surface area contributed by atoms with Gasteiger partial charge in [0, 0.05) is 37.4 Å². The Balaban J connectivity index is 1.09. The third kappa shape index (κ3) is 7.57. The minimum atomic E-state index is -4.49. The van der Waals surface area contributed by atoms with Crippen molar-refractivity contribution in [2.24, 2.45) is 0 Å². The van der Waals surface area contributed by atoms with Crippen molar-refractivity contribution in [1.29, 1.82) is 0 Å². The van der Waals surface area contributed by atoms with Crippen LogP contribution in [0.25, 0.3) is 4.85 Å². The van der Waals surface area contributed by atoms with Crippen LogP contribution in [-0.2, 0) is 33.6 Å². The smallest absolute Gasteiger partial charge is 0.417 e. The van der Waals surface area contributed by atoms with Gasteiger partial charge in [-0.25, -0.2) is 14.5 Å². The fraction of sp³-hybridized carbons (Fsp3) is 0.452. The Labute approximate surface area is 263 Å². The summed E-state index contributed by atoms with van der Waals surface area (Å²) in [7, 11) is 1.57. The number of anilines is 2. The first-order valence-corrected chi connectivity index (χ1v) is 14.7. The Morgan fingerprint density at radius 1 is 1.24 bits per heavy atom. The van der Waals surface area contributed by atoms with E-state index in [0.29, 0.717) is 42.5 Å². The van der Waals surface area contributed by atoms with Crippen molar-refractivity contribution in [3.05, 3.63) is 81.2 Å². The number of carbonyl (C=O) groups is 1. The summed E-state index contributed by atoms with van der Waals surface area (Å²) in [6.45, 7) is 11.4. The lowest BCUT2D eigenvalue weighted by Crippen LogP contribution is -2.56. The second kappa shape index (κ2) is 14.2. The molecule has 0 bridgehead atoms. The molecule has 12 nitrogen and oxygen atoms in total. The zero-order valence-corrected chi connectivity index (χ0v) is 25.4. The fourth-order valence-electron chi connectivity index (χ4n) is 5.42. The molecule has 1 aromatic carbocycles. The molecule has 3 aromatic rings. The van der Waals surface area contributed by atoms with E-state index in [1.807, 2.05) is 24.0 Å². The maximum atomic E-state index is 13.2. The highest BCUT2D eigenvalue weighted by molar-refractivity contribution is 5.76. The molecule has 1 N–H and O–H groups in total. The van der Waals surface area contributed by atoms with Gasteiger partial charge in [-0.3, -0.25) is 9.59 Å². The average molecular weight is 642 g/mol. The molecule has 2 aromatic heterocycles. The van der Waals surface area contributed by atoms with Gasteiger partial charge in [0.1, 0.15) is 11.6 Å². The Bertz CT molecular complexity index is 1640. The van der Waals surface area contributed by atoms with Crippen LogP contribution < -0.4 is 20.5 Å². The van der Waals surface area contributed by atoms with E-state index in [-0.39, 0.29) is 63.1 Å². The molecule has 15 heteroatoms. The number of nitrogens with one attached hydrogen (secondary N) is 1. The molecule has 244 valence electrons. The first kappa shape index (κ1) is 32.7. The molecule has 0 saturated carbocycles. The monoisotopic (exact) mass is 641 g/mol. The molecule has 2 atom stereocenters. The Kier molecular flexibility index (Phi) is 10.1. The molecule has 1 amide bonds. The molecule has 0 spiro atoms. The molecule has 1 fully saturated rings. The van der Waals surface area contributed by atoms with E-state index in [9.17, 15) is 22.8 Å². The summed E-state index contributed by atoms with van der Waals surface area (Å²) in [6, 6.07) is 7.77. The van der Waals surface area contributed by atoms with E-state index in [1.54, 1.807) is 24.1 Å². The van der Waals surface area contributed by atoms with Gasteiger partial charge in [-0.2, -0.15) is 18.3 Å². The Morgan fingerprint density at radius 2 is 2.02 bits per heavy atom. The number of nitrogens with zero attached hydrogens (tertiary/aromatic N) is 6. The summed E-state index contributed by atoms with van der Waals surface area (Å²) in [5, 5.41) is 7.33. The number of halogens is 3. The van der Waals surface area contributed by atoms with Crippen molar-refractivity contribution in [3.8, 4) is 5.75 Å². The molecule has 46 heavy (non-hydrogen) atoms. The number of hydrogen-bond donors (Lipinski definition) is 1. The SMILES string of the molecule is [C-]#[N+]c1c(N[C@@H](C)COCCC(=O)N2CCN3c4ncc(C(F)(F)F)cc4COC[C@H]3C2)cnn(Cc2ccc(OC)cc2)c1=O. The number of hydrogen-bond acceptors (Lipinski definition) is 9. The number of benzene rings is 1. The summed E-state index contributed by atoms with van der Waals surface area (Å²) in [6.07, 6.45) is -2.07. The van der Waals surface area contributed by atoms with Crippen molar-refractivity contribution in [3.63, 3.8) is 0 Å². The van der Waals surface area contributed by atoms with Crippen molar-refractivity contribution >= 4 is 23.1 Å². The lowest BCUT2D eigenvalue weighted by Gasteiger charge is -2.41. The number of amides is 1. The number of methoxy groups -OCH3 is 1. The largest absolute Gasteiger partial charge is 0.497 e. The van der Waals surface area contributed by atoms with Gasteiger partial charge in [0.25, 0.3) is 11.2 Å². The predicted molar refractivity (Wildman–Crippen MR) is 162 cm³/mol. The van der Waals surface area contributed by atoms with Crippen LogP contribution in [0.3, 0.4) is 0 Å². The van der Waals surface area contributed by atoms with Gasteiger partial charge >= 0.3 is 6.18 Å². The van der Waals surface area contributed by atoms with Crippen molar-refractivity contribution in [2.75, 3.05) is 56.8 Å². The highest BCUT2D eigenvalue weighted by Crippen LogP contribution is 2.34. The molecule has 0 unspecified atom stereocenters. The lowest BCUT2D eigenvalue weighted by atomic mass is 10.1. The number of piperazine rings is 1. The van der Waals surface area contributed by atoms with Crippen molar-refractivity contribution in [2.45, 2.75) is 44.8 Å². The summed E-state index contributed by atoms with van der Waals surface area (Å²) >= 11 is 0. The summed E-state index contributed by atoms with van der Waals surface area (Å²) < 4.78 is 57.2. The van der Waals surface area contributed by atoms with Gasteiger partial charge in [0.05, 0.1) is 76.6 Å². The second-order valence-corrected chi connectivity index (χ2v) is 11.1. The van der Waals surface area contributed by atoms with Crippen LogP contribution in [0.4, 0.5) is 30.4 Å². The van der Waals surface area contributed by atoms with Gasteiger partial charge in [0.2, 0.25) is 5.91 Å². The number of pyridine rings is 1. The van der Waals surface area contributed by atoms with Crippen LogP contribution in [0, 0.1) is 6.57 Å². The minimum absolute atomic E-state index is 0.0174. The molecule has 1 saturated heterocycles. The van der Waals surface area contributed by atoms with E-state index in [4.69, 9.17) is 20.8 Å². The molecule has 0 radical (unpaired) electrons. The van der Waals surface area contributed by atoms with Crippen molar-refractivity contribution in [1.82, 2.24) is 19.7 Å². The fourth-order valence-corrected chi connectivity index (χ4v) is 5.42.